The Hall–Kier alpha value is -2.30. The Kier molecular flexibility index (Phi) is 4.62. The number of carboxylic acids is 1. The number of methoxy groups -OCH3 is 1. The van der Waals surface area contributed by atoms with Crippen LogP contribution in [0, 0.1) is 0 Å². The van der Waals surface area contributed by atoms with Gasteiger partial charge in [0.15, 0.2) is 0 Å². The van der Waals surface area contributed by atoms with Gasteiger partial charge in [-0.1, -0.05) is 13.8 Å². The summed E-state index contributed by atoms with van der Waals surface area (Å²) in [7, 11) is 1.58. The van der Waals surface area contributed by atoms with E-state index in [2.05, 4.69) is 25.0 Å². The van der Waals surface area contributed by atoms with Gasteiger partial charge in [0, 0.05) is 11.3 Å². The van der Waals surface area contributed by atoms with Crippen LogP contribution in [-0.4, -0.2) is 28.0 Å². The van der Waals surface area contributed by atoms with E-state index in [0.29, 0.717) is 12.3 Å². The van der Waals surface area contributed by atoms with Crippen molar-refractivity contribution >= 4 is 5.97 Å². The second kappa shape index (κ2) is 6.43. The SMILES string of the molecule is CCc1cc(CC)n(Cc2cc(C(=O)O)ccc2OC)n1. The van der Waals surface area contributed by atoms with E-state index in [1.807, 2.05) is 4.68 Å². The Balaban J connectivity index is 2.39. The van der Waals surface area contributed by atoms with Crippen molar-refractivity contribution in [2.24, 2.45) is 0 Å². The summed E-state index contributed by atoms with van der Waals surface area (Å²) in [4.78, 5) is 11.1. The zero-order valence-corrected chi connectivity index (χ0v) is 12.6. The molecule has 2 aromatic rings. The van der Waals surface area contributed by atoms with E-state index in [4.69, 9.17) is 9.84 Å². The van der Waals surface area contributed by atoms with E-state index in [0.717, 1.165) is 29.8 Å². The number of aromatic carboxylic acids is 1. The third-order valence-electron chi connectivity index (χ3n) is 3.49. The van der Waals surface area contributed by atoms with E-state index in [1.54, 1.807) is 25.3 Å². The molecule has 0 aliphatic heterocycles. The van der Waals surface area contributed by atoms with Crippen LogP contribution < -0.4 is 4.74 Å². The molecule has 5 heteroatoms. The molecule has 2 rings (SSSR count). The van der Waals surface area contributed by atoms with Gasteiger partial charge in [-0.3, -0.25) is 4.68 Å². The molecule has 0 amide bonds. The maximum absolute atomic E-state index is 11.1. The van der Waals surface area contributed by atoms with Crippen molar-refractivity contribution in [1.29, 1.82) is 0 Å². The Labute approximate surface area is 124 Å². The first-order valence-electron chi connectivity index (χ1n) is 7.04. The molecule has 0 radical (unpaired) electrons. The molecule has 5 nitrogen and oxygen atoms in total. The molecule has 0 bridgehead atoms. The third-order valence-corrected chi connectivity index (χ3v) is 3.49. The monoisotopic (exact) mass is 288 g/mol. The van der Waals surface area contributed by atoms with Crippen LogP contribution in [0.2, 0.25) is 0 Å². The highest BCUT2D eigenvalue weighted by Gasteiger charge is 2.12. The van der Waals surface area contributed by atoms with Crippen molar-refractivity contribution < 1.29 is 14.6 Å². The normalized spacial score (nSPS) is 10.6. The van der Waals surface area contributed by atoms with E-state index < -0.39 is 5.97 Å². The van der Waals surface area contributed by atoms with E-state index in [1.165, 1.54) is 0 Å². The third kappa shape index (κ3) is 3.24. The first-order valence-corrected chi connectivity index (χ1v) is 7.04. The Morgan fingerprint density at radius 3 is 2.62 bits per heavy atom. The number of carboxylic acid groups (broad SMARTS) is 1. The molecule has 0 fully saturated rings. The first kappa shape index (κ1) is 15.1. The highest BCUT2D eigenvalue weighted by Crippen LogP contribution is 2.22. The number of hydrogen-bond donors (Lipinski definition) is 1. The molecule has 21 heavy (non-hydrogen) atoms. The number of nitrogens with zero attached hydrogens (tertiary/aromatic N) is 2. The molecule has 1 aromatic carbocycles. The minimum absolute atomic E-state index is 0.256. The summed E-state index contributed by atoms with van der Waals surface area (Å²) in [6.45, 7) is 4.66. The molecule has 0 aliphatic rings. The van der Waals surface area contributed by atoms with Crippen molar-refractivity contribution in [2.75, 3.05) is 7.11 Å². The van der Waals surface area contributed by atoms with Gasteiger partial charge in [0.1, 0.15) is 5.75 Å². The fraction of sp³-hybridized carbons (Fsp3) is 0.375. The van der Waals surface area contributed by atoms with E-state index in [9.17, 15) is 4.79 Å². The number of rotatable bonds is 6. The van der Waals surface area contributed by atoms with Gasteiger partial charge in [0.05, 0.1) is 24.9 Å². The van der Waals surface area contributed by atoms with Gasteiger partial charge in [0.2, 0.25) is 0 Å². The van der Waals surface area contributed by atoms with Crippen LogP contribution in [0.15, 0.2) is 24.3 Å². The number of ether oxygens (including phenoxy) is 1. The van der Waals surface area contributed by atoms with Crippen LogP contribution in [0.4, 0.5) is 0 Å². The van der Waals surface area contributed by atoms with Crippen molar-refractivity contribution in [2.45, 2.75) is 33.2 Å². The van der Waals surface area contributed by atoms with Crippen LogP contribution in [0.25, 0.3) is 0 Å². The van der Waals surface area contributed by atoms with Crippen LogP contribution in [0.3, 0.4) is 0 Å². The summed E-state index contributed by atoms with van der Waals surface area (Å²) in [5.74, 6) is -0.264. The van der Waals surface area contributed by atoms with Gasteiger partial charge in [-0.25, -0.2) is 4.79 Å². The second-order valence-electron chi connectivity index (χ2n) is 4.82. The molecule has 0 atom stereocenters. The molecule has 0 unspecified atom stereocenters. The Bertz CT molecular complexity index is 647. The lowest BCUT2D eigenvalue weighted by molar-refractivity contribution is 0.0696. The predicted molar refractivity (Wildman–Crippen MR) is 80.0 cm³/mol. The van der Waals surface area contributed by atoms with Gasteiger partial charge < -0.3 is 9.84 Å². The molecule has 1 heterocycles. The summed E-state index contributed by atoms with van der Waals surface area (Å²) in [5.41, 5.74) is 3.25. The van der Waals surface area contributed by atoms with Crippen LogP contribution >= 0.6 is 0 Å². The molecule has 0 spiro atoms. The van der Waals surface area contributed by atoms with Crippen molar-refractivity contribution in [3.8, 4) is 5.75 Å². The summed E-state index contributed by atoms with van der Waals surface area (Å²) in [6.07, 6.45) is 1.76. The summed E-state index contributed by atoms with van der Waals surface area (Å²) < 4.78 is 7.24. The minimum atomic E-state index is -0.940. The number of aromatic nitrogens is 2. The Morgan fingerprint density at radius 2 is 2.05 bits per heavy atom. The molecule has 112 valence electrons. The number of hydrogen-bond acceptors (Lipinski definition) is 3. The summed E-state index contributed by atoms with van der Waals surface area (Å²) in [6, 6.07) is 6.97. The number of benzene rings is 1. The summed E-state index contributed by atoms with van der Waals surface area (Å²) >= 11 is 0. The zero-order chi connectivity index (χ0) is 15.4. The van der Waals surface area contributed by atoms with Crippen LogP contribution in [-0.2, 0) is 19.4 Å². The largest absolute Gasteiger partial charge is 0.496 e. The smallest absolute Gasteiger partial charge is 0.335 e. The molecule has 0 saturated carbocycles. The Morgan fingerprint density at radius 1 is 1.29 bits per heavy atom. The van der Waals surface area contributed by atoms with Gasteiger partial charge in [0.25, 0.3) is 0 Å². The first-order chi connectivity index (χ1) is 10.1. The number of aryl methyl sites for hydroxylation is 2. The lowest BCUT2D eigenvalue weighted by atomic mass is 10.1. The van der Waals surface area contributed by atoms with Crippen molar-refractivity contribution in [3.05, 3.63) is 46.8 Å². The molecule has 0 saturated heterocycles. The van der Waals surface area contributed by atoms with Crippen molar-refractivity contribution in [3.63, 3.8) is 0 Å². The molecular weight excluding hydrogens is 268 g/mol. The zero-order valence-electron chi connectivity index (χ0n) is 12.6. The highest BCUT2D eigenvalue weighted by atomic mass is 16.5. The predicted octanol–water partition coefficient (Wildman–Crippen LogP) is 2.76. The lowest BCUT2D eigenvalue weighted by Crippen LogP contribution is -2.08. The fourth-order valence-corrected chi connectivity index (χ4v) is 2.31. The van der Waals surface area contributed by atoms with Gasteiger partial charge in [-0.05, 0) is 37.1 Å². The van der Waals surface area contributed by atoms with Gasteiger partial charge in [-0.2, -0.15) is 5.10 Å². The van der Waals surface area contributed by atoms with E-state index >= 15 is 0 Å². The van der Waals surface area contributed by atoms with E-state index in [-0.39, 0.29) is 5.56 Å². The lowest BCUT2D eigenvalue weighted by Gasteiger charge is -2.11. The molecule has 1 N–H and O–H groups in total. The van der Waals surface area contributed by atoms with Crippen molar-refractivity contribution in [1.82, 2.24) is 9.78 Å². The quantitative estimate of drug-likeness (QED) is 0.887. The van der Waals surface area contributed by atoms with Crippen LogP contribution in [0.1, 0.15) is 41.2 Å². The average Bonchev–Trinajstić information content (AvgIpc) is 2.89. The topological polar surface area (TPSA) is 64.4 Å². The standard InChI is InChI=1S/C16H20N2O3/c1-4-13-9-14(5-2)18(17-13)10-12-8-11(16(19)20)6-7-15(12)21-3/h6-9H,4-5,10H2,1-3H3,(H,19,20). The molecular formula is C16H20N2O3. The fourth-order valence-electron chi connectivity index (χ4n) is 2.31. The highest BCUT2D eigenvalue weighted by molar-refractivity contribution is 5.88. The minimum Gasteiger partial charge on any atom is -0.496 e. The second-order valence-corrected chi connectivity index (χ2v) is 4.82. The average molecular weight is 288 g/mol. The maximum atomic E-state index is 11.1. The molecule has 0 aliphatic carbocycles. The van der Waals surface area contributed by atoms with Crippen LogP contribution in [0.5, 0.6) is 5.75 Å². The number of carbonyl (C=O) groups is 1. The summed E-state index contributed by atoms with van der Waals surface area (Å²) in [5, 5.41) is 13.7. The van der Waals surface area contributed by atoms with Gasteiger partial charge in [-0.15, -0.1) is 0 Å². The molecule has 1 aromatic heterocycles. The maximum Gasteiger partial charge on any atom is 0.335 e. The van der Waals surface area contributed by atoms with Gasteiger partial charge >= 0.3 is 5.97 Å².